The molecule has 0 radical (unpaired) electrons. The number of hydrogen-bond acceptors (Lipinski definition) is 3. The summed E-state index contributed by atoms with van der Waals surface area (Å²) in [4.78, 5) is 0. The van der Waals surface area contributed by atoms with Crippen LogP contribution in [0.1, 0.15) is 18.0 Å². The topological polar surface area (TPSA) is 56.0 Å². The molecule has 0 aromatic heterocycles. The molecule has 0 aliphatic heterocycles. The quantitative estimate of drug-likeness (QED) is 0.748. The van der Waals surface area contributed by atoms with E-state index < -0.39 is 17.7 Å². The first-order valence-electron chi connectivity index (χ1n) is 4.88. The lowest BCUT2D eigenvalue weighted by molar-refractivity contribution is 0.284. The summed E-state index contributed by atoms with van der Waals surface area (Å²) >= 11 is 0. The van der Waals surface area contributed by atoms with Crippen LogP contribution < -0.4 is 5.32 Å². The van der Waals surface area contributed by atoms with Gasteiger partial charge in [-0.1, -0.05) is 6.07 Å². The zero-order valence-corrected chi connectivity index (χ0v) is 8.58. The number of aliphatic hydroxyl groups is 1. The minimum absolute atomic E-state index is 0.0368. The predicted octanol–water partition coefficient (Wildman–Crippen LogP) is 1.50. The van der Waals surface area contributed by atoms with Crippen LogP contribution in [0.5, 0.6) is 0 Å². The summed E-state index contributed by atoms with van der Waals surface area (Å²) in [5.74, 6) is -1.49. The van der Waals surface area contributed by atoms with E-state index in [-0.39, 0.29) is 12.2 Å². The van der Waals surface area contributed by atoms with Crippen LogP contribution in [0, 0.1) is 23.0 Å². The lowest BCUT2D eigenvalue weighted by Gasteiger charge is -2.12. The van der Waals surface area contributed by atoms with Crippen molar-refractivity contribution in [1.29, 1.82) is 5.26 Å². The summed E-state index contributed by atoms with van der Waals surface area (Å²) in [6, 6.07) is 4.21. The Morgan fingerprint density at radius 1 is 1.38 bits per heavy atom. The van der Waals surface area contributed by atoms with Gasteiger partial charge in [-0.3, -0.25) is 5.32 Å². The molecule has 3 nitrogen and oxygen atoms in total. The Kier molecular flexibility index (Phi) is 4.83. The van der Waals surface area contributed by atoms with Gasteiger partial charge in [0.1, 0.15) is 17.7 Å². The van der Waals surface area contributed by atoms with Crippen molar-refractivity contribution in [1.82, 2.24) is 5.32 Å². The first-order valence-corrected chi connectivity index (χ1v) is 4.88. The Morgan fingerprint density at radius 3 is 2.50 bits per heavy atom. The zero-order valence-electron chi connectivity index (χ0n) is 8.58. The molecule has 2 N–H and O–H groups in total. The van der Waals surface area contributed by atoms with Crippen LogP contribution in [0.4, 0.5) is 8.78 Å². The molecule has 16 heavy (non-hydrogen) atoms. The highest BCUT2D eigenvalue weighted by Gasteiger charge is 2.18. The smallest absolute Gasteiger partial charge is 0.131 e. The number of halogens is 2. The fourth-order valence-electron chi connectivity index (χ4n) is 1.32. The zero-order chi connectivity index (χ0) is 12.0. The standard InChI is InChI=1S/C11H12F2N2O/c12-8-3-1-4-9(13)11(8)10(7-14)15-5-2-6-16/h1,3-4,10,15-16H,2,5-6H2. The Hall–Kier alpha value is -1.51. The van der Waals surface area contributed by atoms with Gasteiger partial charge >= 0.3 is 0 Å². The number of nitrogens with zero attached hydrogens (tertiary/aromatic N) is 1. The normalized spacial score (nSPS) is 12.1. The van der Waals surface area contributed by atoms with Gasteiger partial charge < -0.3 is 5.11 Å². The van der Waals surface area contributed by atoms with Crippen molar-refractivity contribution >= 4 is 0 Å². The van der Waals surface area contributed by atoms with E-state index in [4.69, 9.17) is 10.4 Å². The van der Waals surface area contributed by atoms with Crippen molar-refractivity contribution in [2.75, 3.05) is 13.2 Å². The van der Waals surface area contributed by atoms with Crippen LogP contribution in [-0.2, 0) is 0 Å². The van der Waals surface area contributed by atoms with Crippen LogP contribution in [0.25, 0.3) is 0 Å². The second-order valence-electron chi connectivity index (χ2n) is 3.23. The summed E-state index contributed by atoms with van der Waals surface area (Å²) in [5, 5.41) is 20.0. The second kappa shape index (κ2) is 6.16. The van der Waals surface area contributed by atoms with Gasteiger partial charge in [-0.15, -0.1) is 0 Å². The molecule has 0 saturated carbocycles. The molecule has 1 atom stereocenters. The summed E-state index contributed by atoms with van der Waals surface area (Å²) in [5.41, 5.74) is -0.275. The van der Waals surface area contributed by atoms with Gasteiger partial charge in [-0.2, -0.15) is 5.26 Å². The van der Waals surface area contributed by atoms with Crippen molar-refractivity contribution in [2.45, 2.75) is 12.5 Å². The van der Waals surface area contributed by atoms with Crippen LogP contribution in [0.15, 0.2) is 18.2 Å². The van der Waals surface area contributed by atoms with Crippen molar-refractivity contribution in [3.05, 3.63) is 35.4 Å². The molecule has 0 fully saturated rings. The third-order valence-corrected chi connectivity index (χ3v) is 2.10. The number of nitrogens with one attached hydrogen (secondary N) is 1. The van der Waals surface area contributed by atoms with Gasteiger partial charge in [-0.25, -0.2) is 8.78 Å². The summed E-state index contributed by atoms with van der Waals surface area (Å²) in [6.45, 7) is 0.285. The lowest BCUT2D eigenvalue weighted by atomic mass is 10.1. The Bertz CT molecular complexity index is 370. The predicted molar refractivity (Wildman–Crippen MR) is 54.4 cm³/mol. The molecule has 1 aromatic rings. The van der Waals surface area contributed by atoms with Crippen molar-refractivity contribution in [3.63, 3.8) is 0 Å². The fraction of sp³-hybridized carbons (Fsp3) is 0.364. The largest absolute Gasteiger partial charge is 0.396 e. The maximum Gasteiger partial charge on any atom is 0.131 e. The summed E-state index contributed by atoms with van der Waals surface area (Å²) in [6.07, 6.45) is 0.425. The molecule has 0 heterocycles. The molecule has 1 aromatic carbocycles. The van der Waals surface area contributed by atoms with Gasteiger partial charge in [0.2, 0.25) is 0 Å². The number of benzene rings is 1. The number of nitriles is 1. The SMILES string of the molecule is N#CC(NCCCO)c1c(F)cccc1F. The molecule has 0 aliphatic carbocycles. The third kappa shape index (κ3) is 2.99. The molecule has 1 rings (SSSR count). The van der Waals surface area contributed by atoms with E-state index in [1.165, 1.54) is 6.07 Å². The first kappa shape index (κ1) is 12.6. The molecule has 0 bridgehead atoms. The van der Waals surface area contributed by atoms with Gasteiger partial charge in [0.05, 0.1) is 11.6 Å². The van der Waals surface area contributed by atoms with Crippen molar-refractivity contribution in [2.24, 2.45) is 0 Å². The molecule has 0 amide bonds. The molecule has 0 saturated heterocycles. The van der Waals surface area contributed by atoms with E-state index in [1.807, 2.05) is 0 Å². The molecular formula is C11H12F2N2O. The van der Waals surface area contributed by atoms with Crippen molar-refractivity contribution < 1.29 is 13.9 Å². The number of aliphatic hydroxyl groups excluding tert-OH is 1. The van der Waals surface area contributed by atoms with E-state index in [9.17, 15) is 8.78 Å². The second-order valence-corrected chi connectivity index (χ2v) is 3.23. The number of rotatable bonds is 5. The Labute approximate surface area is 92.3 Å². The maximum absolute atomic E-state index is 13.3. The van der Waals surface area contributed by atoms with E-state index in [0.29, 0.717) is 13.0 Å². The van der Waals surface area contributed by atoms with E-state index in [2.05, 4.69) is 5.32 Å². The third-order valence-electron chi connectivity index (χ3n) is 2.10. The van der Waals surface area contributed by atoms with Crippen LogP contribution >= 0.6 is 0 Å². The molecule has 86 valence electrons. The maximum atomic E-state index is 13.3. The highest BCUT2D eigenvalue weighted by molar-refractivity contribution is 5.27. The molecule has 0 spiro atoms. The summed E-state index contributed by atoms with van der Waals surface area (Å²) in [7, 11) is 0. The summed E-state index contributed by atoms with van der Waals surface area (Å²) < 4.78 is 26.6. The molecule has 5 heteroatoms. The van der Waals surface area contributed by atoms with E-state index in [0.717, 1.165) is 12.1 Å². The van der Waals surface area contributed by atoms with Gasteiger partial charge in [-0.05, 0) is 25.1 Å². The van der Waals surface area contributed by atoms with Crippen molar-refractivity contribution in [3.8, 4) is 6.07 Å². The Morgan fingerprint density at radius 2 is 2.00 bits per heavy atom. The molecule has 1 unspecified atom stereocenters. The van der Waals surface area contributed by atoms with E-state index >= 15 is 0 Å². The highest BCUT2D eigenvalue weighted by atomic mass is 19.1. The Balaban J connectivity index is 2.83. The van der Waals surface area contributed by atoms with E-state index in [1.54, 1.807) is 6.07 Å². The van der Waals surface area contributed by atoms with Crippen LogP contribution in [0.2, 0.25) is 0 Å². The lowest BCUT2D eigenvalue weighted by Crippen LogP contribution is -2.23. The van der Waals surface area contributed by atoms with Crippen LogP contribution in [0.3, 0.4) is 0 Å². The fourth-order valence-corrected chi connectivity index (χ4v) is 1.32. The minimum atomic E-state index is -1.03. The average molecular weight is 226 g/mol. The monoisotopic (exact) mass is 226 g/mol. The minimum Gasteiger partial charge on any atom is -0.396 e. The van der Waals surface area contributed by atoms with Gasteiger partial charge in [0, 0.05) is 6.61 Å². The highest BCUT2D eigenvalue weighted by Crippen LogP contribution is 2.19. The molecular weight excluding hydrogens is 214 g/mol. The first-order chi connectivity index (χ1) is 7.70. The average Bonchev–Trinajstić information content (AvgIpc) is 2.26. The molecule has 0 aliphatic rings. The van der Waals surface area contributed by atoms with Gasteiger partial charge in [0.15, 0.2) is 0 Å². The number of hydrogen-bond donors (Lipinski definition) is 2. The van der Waals surface area contributed by atoms with Crippen LogP contribution in [-0.4, -0.2) is 18.3 Å². The van der Waals surface area contributed by atoms with Gasteiger partial charge in [0.25, 0.3) is 0 Å².